The molecule has 0 radical (unpaired) electrons. The summed E-state index contributed by atoms with van der Waals surface area (Å²) in [7, 11) is 0. The number of hydrogen-bond donors (Lipinski definition) is 1. The van der Waals surface area contributed by atoms with Gasteiger partial charge in [0.1, 0.15) is 0 Å². The first-order chi connectivity index (χ1) is 9.93. The number of pyridine rings is 1. The normalized spacial score (nSPS) is 13.7. The van der Waals surface area contributed by atoms with E-state index in [0.29, 0.717) is 0 Å². The van der Waals surface area contributed by atoms with Crippen molar-refractivity contribution in [1.82, 2.24) is 9.97 Å². The molecule has 3 rings (SSSR count). The van der Waals surface area contributed by atoms with Crippen LogP contribution >= 0.6 is 22.7 Å². The van der Waals surface area contributed by atoms with Gasteiger partial charge in [0.25, 0.3) is 0 Å². The molecule has 3 nitrogen and oxygen atoms in total. The molecule has 0 amide bonds. The van der Waals surface area contributed by atoms with Gasteiger partial charge in [-0.15, -0.1) is 22.7 Å². The van der Waals surface area contributed by atoms with Crippen LogP contribution in [0.3, 0.4) is 0 Å². The largest absolute Gasteiger partial charge is 0.324 e. The van der Waals surface area contributed by atoms with Crippen molar-refractivity contribution in [3.05, 3.63) is 45.4 Å². The van der Waals surface area contributed by atoms with Crippen LogP contribution < -0.4 is 5.73 Å². The minimum atomic E-state index is -0.0528. The molecule has 0 saturated carbocycles. The molecule has 2 N–H and O–H groups in total. The van der Waals surface area contributed by atoms with Gasteiger partial charge in [0.15, 0.2) is 0 Å². The summed E-state index contributed by atoms with van der Waals surface area (Å²) in [4.78, 5) is 9.18. The van der Waals surface area contributed by atoms with E-state index in [0.717, 1.165) is 28.2 Å². The molecule has 110 valence electrons. The second-order valence-electron chi connectivity index (χ2n) is 6.26. The Kier molecular flexibility index (Phi) is 3.82. The molecule has 3 aromatic heterocycles. The topological polar surface area (TPSA) is 51.8 Å². The van der Waals surface area contributed by atoms with E-state index in [9.17, 15) is 0 Å². The number of aromatic nitrogens is 2. The molecule has 0 aliphatic rings. The summed E-state index contributed by atoms with van der Waals surface area (Å²) < 4.78 is 1.19. The highest BCUT2D eigenvalue weighted by molar-refractivity contribution is 7.17. The molecule has 0 aromatic carbocycles. The molecule has 5 heteroatoms. The second kappa shape index (κ2) is 5.48. The van der Waals surface area contributed by atoms with Crippen LogP contribution in [0, 0.1) is 0 Å². The van der Waals surface area contributed by atoms with Gasteiger partial charge in [-0.1, -0.05) is 20.8 Å². The van der Waals surface area contributed by atoms with Crippen molar-refractivity contribution >= 4 is 32.9 Å². The predicted octanol–water partition coefficient (Wildman–Crippen LogP) is 4.29. The van der Waals surface area contributed by atoms with Gasteiger partial charge in [0.2, 0.25) is 0 Å². The van der Waals surface area contributed by atoms with Crippen molar-refractivity contribution in [2.75, 3.05) is 0 Å². The summed E-state index contributed by atoms with van der Waals surface area (Å²) in [5.41, 5.74) is 9.69. The van der Waals surface area contributed by atoms with E-state index >= 15 is 0 Å². The lowest BCUT2D eigenvalue weighted by atomic mass is 9.93. The average molecular weight is 317 g/mol. The molecule has 0 aliphatic carbocycles. The minimum absolute atomic E-state index is 0.0528. The molecule has 0 spiro atoms. The van der Waals surface area contributed by atoms with Gasteiger partial charge in [0, 0.05) is 29.5 Å². The summed E-state index contributed by atoms with van der Waals surface area (Å²) in [5, 5.41) is 5.30. The van der Waals surface area contributed by atoms with Crippen LogP contribution in [-0.2, 0) is 11.8 Å². The van der Waals surface area contributed by atoms with Crippen molar-refractivity contribution in [1.29, 1.82) is 0 Å². The third-order valence-corrected chi connectivity index (χ3v) is 5.19. The van der Waals surface area contributed by atoms with E-state index in [2.05, 4.69) is 42.6 Å². The minimum Gasteiger partial charge on any atom is -0.324 e. The average Bonchev–Trinajstić information content (AvgIpc) is 3.04. The predicted molar refractivity (Wildman–Crippen MR) is 91.1 cm³/mol. The highest BCUT2D eigenvalue weighted by atomic mass is 32.1. The molecule has 1 atom stereocenters. The Bertz CT molecular complexity index is 752. The third kappa shape index (κ3) is 3.15. The van der Waals surface area contributed by atoms with E-state index in [1.807, 2.05) is 12.3 Å². The maximum absolute atomic E-state index is 6.34. The zero-order valence-corrected chi connectivity index (χ0v) is 14.1. The summed E-state index contributed by atoms with van der Waals surface area (Å²) in [6.45, 7) is 6.54. The van der Waals surface area contributed by atoms with Crippen LogP contribution in [0.25, 0.3) is 10.2 Å². The fraction of sp³-hybridized carbons (Fsp3) is 0.375. The Balaban J connectivity index is 1.79. The number of thiazole rings is 1. The van der Waals surface area contributed by atoms with E-state index in [1.54, 1.807) is 22.7 Å². The van der Waals surface area contributed by atoms with Crippen molar-refractivity contribution in [2.45, 2.75) is 38.6 Å². The number of fused-ring (bicyclic) bond motifs is 1. The third-order valence-electron chi connectivity index (χ3n) is 3.47. The van der Waals surface area contributed by atoms with Gasteiger partial charge in [-0.25, -0.2) is 4.98 Å². The highest BCUT2D eigenvalue weighted by Crippen LogP contribution is 2.27. The first-order valence-electron chi connectivity index (χ1n) is 6.97. The Morgan fingerprint density at radius 2 is 2.10 bits per heavy atom. The Morgan fingerprint density at radius 3 is 2.81 bits per heavy atom. The monoisotopic (exact) mass is 317 g/mol. The van der Waals surface area contributed by atoms with Crippen LogP contribution in [0.5, 0.6) is 0 Å². The summed E-state index contributed by atoms with van der Waals surface area (Å²) in [5.74, 6) is 0. The van der Waals surface area contributed by atoms with Gasteiger partial charge < -0.3 is 5.73 Å². The van der Waals surface area contributed by atoms with E-state index in [1.165, 1.54) is 4.70 Å². The maximum atomic E-state index is 6.34. The molecule has 0 bridgehead atoms. The van der Waals surface area contributed by atoms with E-state index in [4.69, 9.17) is 10.7 Å². The van der Waals surface area contributed by atoms with Gasteiger partial charge >= 0.3 is 0 Å². The Morgan fingerprint density at radius 1 is 1.29 bits per heavy atom. The lowest BCUT2D eigenvalue weighted by Gasteiger charge is -2.14. The van der Waals surface area contributed by atoms with Crippen molar-refractivity contribution < 1.29 is 0 Å². The van der Waals surface area contributed by atoms with Crippen LogP contribution in [-0.4, -0.2) is 9.97 Å². The van der Waals surface area contributed by atoms with Crippen molar-refractivity contribution in [3.8, 4) is 0 Å². The molecule has 0 aliphatic heterocycles. The standard InChI is InChI=1S/C16H19N3S2/c1-16(2,3)14-9-21-15(19-14)7-11(17)10-6-13-12(18-8-10)4-5-20-13/h4-6,8-9,11H,7,17H2,1-3H3. The van der Waals surface area contributed by atoms with Gasteiger partial charge in [-0.2, -0.15) is 0 Å². The molecular weight excluding hydrogens is 298 g/mol. The molecular formula is C16H19N3S2. The SMILES string of the molecule is CC(C)(C)c1csc(CC(N)c2cnc3ccsc3c2)n1. The Labute approximate surface area is 132 Å². The smallest absolute Gasteiger partial charge is 0.0947 e. The number of hydrogen-bond acceptors (Lipinski definition) is 5. The maximum Gasteiger partial charge on any atom is 0.0947 e. The number of rotatable bonds is 3. The quantitative estimate of drug-likeness (QED) is 0.784. The highest BCUT2D eigenvalue weighted by Gasteiger charge is 2.18. The molecule has 0 saturated heterocycles. The van der Waals surface area contributed by atoms with Crippen molar-refractivity contribution in [3.63, 3.8) is 0 Å². The summed E-state index contributed by atoms with van der Waals surface area (Å²) in [6, 6.07) is 4.13. The zero-order chi connectivity index (χ0) is 15.0. The summed E-state index contributed by atoms with van der Waals surface area (Å²) in [6.07, 6.45) is 2.65. The second-order valence-corrected chi connectivity index (χ2v) is 8.15. The van der Waals surface area contributed by atoms with Crippen LogP contribution in [0.15, 0.2) is 29.1 Å². The zero-order valence-electron chi connectivity index (χ0n) is 12.5. The molecule has 3 heterocycles. The molecule has 0 fully saturated rings. The van der Waals surface area contributed by atoms with Crippen LogP contribution in [0.1, 0.15) is 43.1 Å². The number of nitrogens with zero attached hydrogens (tertiary/aromatic N) is 2. The molecule has 1 unspecified atom stereocenters. The van der Waals surface area contributed by atoms with E-state index < -0.39 is 0 Å². The molecule has 21 heavy (non-hydrogen) atoms. The Hall–Kier alpha value is -1.30. The van der Waals surface area contributed by atoms with Gasteiger partial charge in [-0.3, -0.25) is 4.98 Å². The lowest BCUT2D eigenvalue weighted by Crippen LogP contribution is -2.15. The number of thiophene rings is 1. The van der Waals surface area contributed by atoms with Crippen LogP contribution in [0.2, 0.25) is 0 Å². The first-order valence-corrected chi connectivity index (χ1v) is 8.73. The number of nitrogens with two attached hydrogens (primary N) is 1. The fourth-order valence-corrected chi connectivity index (χ4v) is 3.99. The van der Waals surface area contributed by atoms with Gasteiger partial charge in [0.05, 0.1) is 20.9 Å². The summed E-state index contributed by atoms with van der Waals surface area (Å²) >= 11 is 3.40. The lowest BCUT2D eigenvalue weighted by molar-refractivity contribution is 0.569. The van der Waals surface area contributed by atoms with Crippen molar-refractivity contribution in [2.24, 2.45) is 5.73 Å². The fourth-order valence-electron chi connectivity index (χ4n) is 2.12. The van der Waals surface area contributed by atoms with Gasteiger partial charge in [-0.05, 0) is 23.1 Å². The van der Waals surface area contributed by atoms with Crippen LogP contribution in [0.4, 0.5) is 0 Å². The van der Waals surface area contributed by atoms with E-state index in [-0.39, 0.29) is 11.5 Å². The first kappa shape index (κ1) is 14.6. The molecule has 3 aromatic rings.